The zero-order valence-electron chi connectivity index (χ0n) is 12.5. The van der Waals surface area contributed by atoms with E-state index >= 15 is 0 Å². The standard InChI is InChI=1S/C16H12ClN3O3S/c1-8-3-2-4-10(17)13(8)19-14(21)9-5-6-11-12(7-9)24-15(18-11)20-16(22)23/h2-7H,1H3,(H,18,20)(H,19,21)(H,22,23). The van der Waals surface area contributed by atoms with Crippen LogP contribution in [0.4, 0.5) is 15.6 Å². The van der Waals surface area contributed by atoms with Crippen LogP contribution in [0.5, 0.6) is 0 Å². The van der Waals surface area contributed by atoms with Crippen LogP contribution in [0, 0.1) is 6.92 Å². The molecule has 8 heteroatoms. The van der Waals surface area contributed by atoms with Crippen molar-refractivity contribution in [1.29, 1.82) is 0 Å². The molecule has 3 N–H and O–H groups in total. The molecule has 0 saturated carbocycles. The second kappa shape index (κ2) is 6.46. The highest BCUT2D eigenvalue weighted by atomic mass is 35.5. The Hall–Kier alpha value is -2.64. The topological polar surface area (TPSA) is 91.3 Å². The van der Waals surface area contributed by atoms with Gasteiger partial charge in [0.1, 0.15) is 0 Å². The molecule has 0 spiro atoms. The smallest absolute Gasteiger partial charge is 0.410 e. The number of carbonyl (C=O) groups excluding carboxylic acids is 1. The van der Waals surface area contributed by atoms with E-state index < -0.39 is 6.09 Å². The van der Waals surface area contributed by atoms with Crippen molar-refractivity contribution < 1.29 is 14.7 Å². The fraction of sp³-hybridized carbons (Fsp3) is 0.0625. The Kier molecular flexibility index (Phi) is 4.37. The summed E-state index contributed by atoms with van der Waals surface area (Å²) >= 11 is 7.28. The van der Waals surface area contributed by atoms with Gasteiger partial charge >= 0.3 is 6.09 Å². The van der Waals surface area contributed by atoms with E-state index in [1.54, 1.807) is 24.3 Å². The maximum atomic E-state index is 12.5. The predicted molar refractivity (Wildman–Crippen MR) is 95.4 cm³/mol. The number of aryl methyl sites for hydroxylation is 1. The van der Waals surface area contributed by atoms with E-state index in [0.29, 0.717) is 26.5 Å². The highest BCUT2D eigenvalue weighted by Crippen LogP contribution is 2.28. The van der Waals surface area contributed by atoms with E-state index in [2.05, 4.69) is 15.6 Å². The zero-order chi connectivity index (χ0) is 17.3. The molecule has 3 aromatic rings. The van der Waals surface area contributed by atoms with Crippen LogP contribution in [0.3, 0.4) is 0 Å². The molecule has 0 aliphatic heterocycles. The van der Waals surface area contributed by atoms with E-state index in [1.807, 2.05) is 19.1 Å². The molecule has 0 aliphatic carbocycles. The first-order chi connectivity index (χ1) is 11.4. The molecule has 6 nitrogen and oxygen atoms in total. The summed E-state index contributed by atoms with van der Waals surface area (Å²) in [6.45, 7) is 1.86. The number of benzene rings is 2. The number of halogens is 1. The fourth-order valence-corrected chi connectivity index (χ4v) is 3.35. The third kappa shape index (κ3) is 3.32. The van der Waals surface area contributed by atoms with Gasteiger partial charge in [-0.05, 0) is 36.8 Å². The molecule has 0 bridgehead atoms. The monoisotopic (exact) mass is 361 g/mol. The lowest BCUT2D eigenvalue weighted by molar-refractivity contribution is 0.102. The molecule has 0 saturated heterocycles. The number of nitrogens with zero attached hydrogens (tertiary/aromatic N) is 1. The number of hydrogen-bond acceptors (Lipinski definition) is 4. The van der Waals surface area contributed by atoms with Crippen molar-refractivity contribution in [3.63, 3.8) is 0 Å². The highest BCUT2D eigenvalue weighted by Gasteiger charge is 2.13. The lowest BCUT2D eigenvalue weighted by atomic mass is 10.1. The maximum absolute atomic E-state index is 12.5. The number of nitrogens with one attached hydrogen (secondary N) is 2. The van der Waals surface area contributed by atoms with Gasteiger partial charge in [-0.25, -0.2) is 9.78 Å². The average Bonchev–Trinajstić information content (AvgIpc) is 2.91. The Labute approximate surface area is 146 Å². The van der Waals surface area contributed by atoms with E-state index in [-0.39, 0.29) is 11.0 Å². The molecule has 0 radical (unpaired) electrons. The number of para-hydroxylation sites is 1. The van der Waals surface area contributed by atoms with Crippen molar-refractivity contribution in [3.8, 4) is 0 Å². The number of fused-ring (bicyclic) bond motifs is 1. The van der Waals surface area contributed by atoms with Gasteiger partial charge in [0.05, 0.1) is 20.9 Å². The average molecular weight is 362 g/mol. The SMILES string of the molecule is Cc1cccc(Cl)c1NC(=O)c1ccc2nc(NC(=O)O)sc2c1. The Bertz CT molecular complexity index is 935. The molecule has 0 fully saturated rings. The van der Waals surface area contributed by atoms with Gasteiger partial charge in [-0.3, -0.25) is 10.1 Å². The Balaban J connectivity index is 1.88. The summed E-state index contributed by atoms with van der Waals surface area (Å²) in [5.74, 6) is -0.297. The van der Waals surface area contributed by atoms with Crippen molar-refractivity contribution in [1.82, 2.24) is 4.98 Å². The van der Waals surface area contributed by atoms with E-state index in [9.17, 15) is 9.59 Å². The molecule has 0 unspecified atom stereocenters. The third-order valence-corrected chi connectivity index (χ3v) is 4.57. The lowest BCUT2D eigenvalue weighted by Gasteiger charge is -2.10. The number of anilines is 2. The van der Waals surface area contributed by atoms with Crippen LogP contribution < -0.4 is 10.6 Å². The lowest BCUT2D eigenvalue weighted by Crippen LogP contribution is -2.13. The number of hydrogen-bond donors (Lipinski definition) is 3. The van der Waals surface area contributed by atoms with Crippen LogP contribution in [0.15, 0.2) is 36.4 Å². The minimum Gasteiger partial charge on any atom is -0.465 e. The van der Waals surface area contributed by atoms with Gasteiger partial charge < -0.3 is 10.4 Å². The second-order valence-electron chi connectivity index (χ2n) is 5.02. The molecule has 1 heterocycles. The summed E-state index contributed by atoms with van der Waals surface area (Å²) in [5.41, 5.74) is 2.49. The van der Waals surface area contributed by atoms with Crippen LogP contribution in [-0.4, -0.2) is 22.1 Å². The Morgan fingerprint density at radius 3 is 2.71 bits per heavy atom. The number of thiazole rings is 1. The molecule has 1 aromatic heterocycles. The first kappa shape index (κ1) is 16.2. The van der Waals surface area contributed by atoms with Gasteiger partial charge in [-0.15, -0.1) is 0 Å². The van der Waals surface area contributed by atoms with Gasteiger partial charge in [-0.2, -0.15) is 0 Å². The molecule has 2 amide bonds. The van der Waals surface area contributed by atoms with Crippen molar-refractivity contribution in [2.75, 3.05) is 10.6 Å². The van der Waals surface area contributed by atoms with Crippen LogP contribution >= 0.6 is 22.9 Å². The van der Waals surface area contributed by atoms with Gasteiger partial charge in [0, 0.05) is 5.56 Å². The Morgan fingerprint density at radius 1 is 1.21 bits per heavy atom. The highest BCUT2D eigenvalue weighted by molar-refractivity contribution is 7.22. The molecule has 24 heavy (non-hydrogen) atoms. The largest absolute Gasteiger partial charge is 0.465 e. The van der Waals surface area contributed by atoms with Crippen molar-refractivity contribution in [2.45, 2.75) is 6.92 Å². The molecular weight excluding hydrogens is 350 g/mol. The molecular formula is C16H12ClN3O3S. The summed E-state index contributed by atoms with van der Waals surface area (Å²) in [7, 11) is 0. The summed E-state index contributed by atoms with van der Waals surface area (Å²) < 4.78 is 0.710. The zero-order valence-corrected chi connectivity index (χ0v) is 14.0. The van der Waals surface area contributed by atoms with Crippen LogP contribution in [0.1, 0.15) is 15.9 Å². The first-order valence-electron chi connectivity index (χ1n) is 6.91. The minimum absolute atomic E-state index is 0.261. The van der Waals surface area contributed by atoms with Gasteiger partial charge in [0.15, 0.2) is 5.13 Å². The summed E-state index contributed by atoms with van der Waals surface area (Å²) in [5, 5.41) is 14.5. The van der Waals surface area contributed by atoms with Gasteiger partial charge in [-0.1, -0.05) is 35.1 Å². The minimum atomic E-state index is -1.18. The Morgan fingerprint density at radius 2 is 2.00 bits per heavy atom. The first-order valence-corrected chi connectivity index (χ1v) is 8.10. The molecule has 2 aromatic carbocycles. The van der Waals surface area contributed by atoms with Crippen molar-refractivity contribution >= 4 is 56.0 Å². The number of amides is 2. The number of aromatic nitrogens is 1. The quantitative estimate of drug-likeness (QED) is 0.635. The van der Waals surface area contributed by atoms with E-state index in [4.69, 9.17) is 16.7 Å². The second-order valence-corrected chi connectivity index (χ2v) is 6.46. The maximum Gasteiger partial charge on any atom is 0.410 e. The summed E-state index contributed by atoms with van der Waals surface area (Å²) in [4.78, 5) is 27.3. The predicted octanol–water partition coefficient (Wildman–Crippen LogP) is 4.60. The number of carbonyl (C=O) groups is 2. The van der Waals surface area contributed by atoms with E-state index in [0.717, 1.165) is 16.9 Å². The molecule has 3 rings (SSSR count). The van der Waals surface area contributed by atoms with E-state index in [1.165, 1.54) is 0 Å². The van der Waals surface area contributed by atoms with Gasteiger partial charge in [0.25, 0.3) is 5.91 Å². The van der Waals surface area contributed by atoms with Crippen molar-refractivity contribution in [2.24, 2.45) is 0 Å². The molecule has 0 aliphatic rings. The number of rotatable bonds is 3. The van der Waals surface area contributed by atoms with Crippen LogP contribution in [-0.2, 0) is 0 Å². The molecule has 0 atom stereocenters. The van der Waals surface area contributed by atoms with Crippen LogP contribution in [0.2, 0.25) is 5.02 Å². The normalized spacial score (nSPS) is 10.6. The number of carboxylic acid groups (broad SMARTS) is 1. The molecule has 122 valence electrons. The summed E-state index contributed by atoms with van der Waals surface area (Å²) in [6.07, 6.45) is -1.18. The van der Waals surface area contributed by atoms with Gasteiger partial charge in [0.2, 0.25) is 0 Å². The summed E-state index contributed by atoms with van der Waals surface area (Å²) in [6, 6.07) is 10.4. The van der Waals surface area contributed by atoms with Crippen LogP contribution in [0.25, 0.3) is 10.2 Å². The van der Waals surface area contributed by atoms with Crippen molar-refractivity contribution in [3.05, 3.63) is 52.5 Å². The fourth-order valence-electron chi connectivity index (χ4n) is 2.19. The third-order valence-electron chi connectivity index (χ3n) is 3.32.